The van der Waals surface area contributed by atoms with Gasteiger partial charge in [-0.05, 0) is 39.0 Å². The van der Waals surface area contributed by atoms with Crippen molar-refractivity contribution in [3.05, 3.63) is 59.7 Å². The van der Waals surface area contributed by atoms with Crippen LogP contribution in [0.15, 0.2) is 50.1 Å². The lowest BCUT2D eigenvalue weighted by Gasteiger charge is -2.09. The van der Waals surface area contributed by atoms with Gasteiger partial charge in [0, 0.05) is 17.8 Å². The summed E-state index contributed by atoms with van der Waals surface area (Å²) in [6.45, 7) is 6.18. The third kappa shape index (κ3) is 3.11. The molecule has 132 valence electrons. The van der Waals surface area contributed by atoms with Crippen LogP contribution in [0.4, 0.5) is 5.95 Å². The van der Waals surface area contributed by atoms with Gasteiger partial charge in [-0.25, -0.2) is 9.97 Å². The first-order valence-electron chi connectivity index (χ1n) is 8.24. The highest BCUT2D eigenvalue weighted by molar-refractivity contribution is 5.79. The highest BCUT2D eigenvalue weighted by Gasteiger charge is 2.18. The Kier molecular flexibility index (Phi) is 4.04. The molecule has 1 N–H and O–H groups in total. The molecule has 26 heavy (non-hydrogen) atoms. The summed E-state index contributed by atoms with van der Waals surface area (Å²) in [5.41, 5.74) is 3.16. The van der Waals surface area contributed by atoms with Gasteiger partial charge in [0.15, 0.2) is 5.76 Å². The van der Waals surface area contributed by atoms with Gasteiger partial charge in [0.25, 0.3) is 0 Å². The van der Waals surface area contributed by atoms with E-state index in [0.29, 0.717) is 18.3 Å². The summed E-state index contributed by atoms with van der Waals surface area (Å²) < 4.78 is 16.4. The Bertz CT molecular complexity index is 1040. The standard InChI is InChI=1S/C19H18N4O3/c1-11-8-17(26-23-11)16-10-21-19(20-9-14-5-4-12(2)25-14)22-18(16)15-6-7-24-13(15)3/h4-8,10H,9H2,1-3H3,(H,20,21,22). The predicted molar refractivity (Wildman–Crippen MR) is 95.5 cm³/mol. The minimum atomic E-state index is 0.495. The zero-order valence-corrected chi connectivity index (χ0v) is 14.7. The van der Waals surface area contributed by atoms with Gasteiger partial charge in [0.05, 0.1) is 29.8 Å². The molecular weight excluding hydrogens is 332 g/mol. The molecule has 4 heterocycles. The summed E-state index contributed by atoms with van der Waals surface area (Å²) in [6.07, 6.45) is 3.37. The van der Waals surface area contributed by atoms with Crippen molar-refractivity contribution in [2.45, 2.75) is 27.3 Å². The minimum absolute atomic E-state index is 0.495. The molecule has 0 bridgehead atoms. The van der Waals surface area contributed by atoms with Crippen LogP contribution in [0.3, 0.4) is 0 Å². The summed E-state index contributed by atoms with van der Waals surface area (Å²) in [5, 5.41) is 7.14. The maximum Gasteiger partial charge on any atom is 0.223 e. The van der Waals surface area contributed by atoms with Crippen molar-refractivity contribution in [1.29, 1.82) is 0 Å². The van der Waals surface area contributed by atoms with Gasteiger partial charge in [0.1, 0.15) is 17.3 Å². The number of furan rings is 2. The van der Waals surface area contributed by atoms with Gasteiger partial charge in [-0.15, -0.1) is 0 Å². The van der Waals surface area contributed by atoms with Gasteiger partial charge in [-0.2, -0.15) is 0 Å². The van der Waals surface area contributed by atoms with Crippen molar-refractivity contribution in [3.63, 3.8) is 0 Å². The average Bonchev–Trinajstić information content (AvgIpc) is 3.35. The second-order valence-corrected chi connectivity index (χ2v) is 6.04. The van der Waals surface area contributed by atoms with Crippen molar-refractivity contribution < 1.29 is 13.4 Å². The van der Waals surface area contributed by atoms with E-state index >= 15 is 0 Å². The van der Waals surface area contributed by atoms with E-state index in [1.165, 1.54) is 0 Å². The number of anilines is 1. The zero-order chi connectivity index (χ0) is 18.1. The van der Waals surface area contributed by atoms with Crippen molar-refractivity contribution >= 4 is 5.95 Å². The second kappa shape index (κ2) is 6.51. The van der Waals surface area contributed by atoms with Crippen LogP contribution >= 0.6 is 0 Å². The molecule has 7 heteroatoms. The molecule has 0 unspecified atom stereocenters. The van der Waals surface area contributed by atoms with Crippen LogP contribution in [0.5, 0.6) is 0 Å². The van der Waals surface area contributed by atoms with Crippen LogP contribution in [0.2, 0.25) is 0 Å². The lowest BCUT2D eigenvalue weighted by atomic mass is 10.1. The van der Waals surface area contributed by atoms with Crippen molar-refractivity contribution in [3.8, 4) is 22.6 Å². The van der Waals surface area contributed by atoms with Crippen molar-refractivity contribution in [2.75, 3.05) is 5.32 Å². The number of aromatic nitrogens is 3. The molecule has 4 rings (SSSR count). The summed E-state index contributed by atoms with van der Waals surface area (Å²) in [5.74, 6) is 3.57. The summed E-state index contributed by atoms with van der Waals surface area (Å²) in [6, 6.07) is 7.59. The maximum atomic E-state index is 5.57. The van der Waals surface area contributed by atoms with Crippen LogP contribution < -0.4 is 5.32 Å². The molecular formula is C19H18N4O3. The van der Waals surface area contributed by atoms with E-state index in [4.69, 9.17) is 13.4 Å². The zero-order valence-electron chi connectivity index (χ0n) is 14.7. The Morgan fingerprint density at radius 3 is 2.62 bits per heavy atom. The highest BCUT2D eigenvalue weighted by atomic mass is 16.5. The maximum absolute atomic E-state index is 5.57. The van der Waals surface area contributed by atoms with E-state index in [2.05, 4.69) is 20.4 Å². The SMILES string of the molecule is Cc1cc(-c2cnc(NCc3ccc(C)o3)nc2-c2ccoc2C)on1. The van der Waals surface area contributed by atoms with E-state index in [1.54, 1.807) is 12.5 Å². The molecule has 0 fully saturated rings. The number of nitrogens with one attached hydrogen (secondary N) is 1. The fourth-order valence-electron chi connectivity index (χ4n) is 2.72. The van der Waals surface area contributed by atoms with Crippen LogP contribution in [0.1, 0.15) is 23.0 Å². The summed E-state index contributed by atoms with van der Waals surface area (Å²) >= 11 is 0. The molecule has 0 amide bonds. The third-order valence-corrected chi connectivity index (χ3v) is 4.01. The van der Waals surface area contributed by atoms with Crippen LogP contribution in [0, 0.1) is 20.8 Å². The number of nitrogens with zero attached hydrogens (tertiary/aromatic N) is 3. The largest absolute Gasteiger partial charge is 0.469 e. The molecule has 7 nitrogen and oxygen atoms in total. The third-order valence-electron chi connectivity index (χ3n) is 4.01. The summed E-state index contributed by atoms with van der Waals surface area (Å²) in [7, 11) is 0. The molecule has 4 aromatic rings. The van der Waals surface area contributed by atoms with Gasteiger partial charge in [-0.3, -0.25) is 0 Å². The first kappa shape index (κ1) is 16.1. The van der Waals surface area contributed by atoms with Crippen molar-refractivity contribution in [1.82, 2.24) is 15.1 Å². The average molecular weight is 350 g/mol. The van der Waals surface area contributed by atoms with Gasteiger partial charge >= 0.3 is 0 Å². The second-order valence-electron chi connectivity index (χ2n) is 6.04. The van der Waals surface area contributed by atoms with Gasteiger partial charge in [0.2, 0.25) is 5.95 Å². The summed E-state index contributed by atoms with van der Waals surface area (Å²) in [4.78, 5) is 9.08. The monoisotopic (exact) mass is 350 g/mol. The molecule has 4 aromatic heterocycles. The number of aryl methyl sites for hydroxylation is 3. The van der Waals surface area contributed by atoms with Crippen LogP contribution in [0.25, 0.3) is 22.6 Å². The predicted octanol–water partition coefficient (Wildman–Crippen LogP) is 4.52. The molecule has 0 spiro atoms. The fourth-order valence-corrected chi connectivity index (χ4v) is 2.72. The van der Waals surface area contributed by atoms with Crippen LogP contribution in [-0.4, -0.2) is 15.1 Å². The Morgan fingerprint density at radius 2 is 1.96 bits per heavy atom. The van der Waals surface area contributed by atoms with Gasteiger partial charge in [-0.1, -0.05) is 5.16 Å². The first-order valence-corrected chi connectivity index (χ1v) is 8.24. The lowest BCUT2D eigenvalue weighted by Crippen LogP contribution is -2.04. The Hall–Kier alpha value is -3.35. The molecule has 0 aliphatic rings. The molecule has 0 atom stereocenters. The van der Waals surface area contributed by atoms with Crippen molar-refractivity contribution in [2.24, 2.45) is 0 Å². The van der Waals surface area contributed by atoms with Gasteiger partial charge < -0.3 is 18.7 Å². The molecule has 0 saturated carbocycles. The Labute approximate surface area is 150 Å². The number of hydrogen-bond acceptors (Lipinski definition) is 7. The van der Waals surface area contributed by atoms with E-state index in [9.17, 15) is 0 Å². The van der Waals surface area contributed by atoms with E-state index in [-0.39, 0.29) is 0 Å². The molecule has 0 aliphatic carbocycles. The molecule has 0 radical (unpaired) electrons. The number of rotatable bonds is 5. The Morgan fingerprint density at radius 1 is 1.08 bits per heavy atom. The Balaban J connectivity index is 1.70. The molecule has 0 aliphatic heterocycles. The lowest BCUT2D eigenvalue weighted by molar-refractivity contribution is 0.427. The van der Waals surface area contributed by atoms with E-state index in [1.807, 2.05) is 45.0 Å². The smallest absolute Gasteiger partial charge is 0.223 e. The first-order chi connectivity index (χ1) is 12.6. The highest BCUT2D eigenvalue weighted by Crippen LogP contribution is 2.33. The topological polar surface area (TPSA) is 90.1 Å². The normalized spacial score (nSPS) is 11.0. The number of hydrogen-bond donors (Lipinski definition) is 1. The quantitative estimate of drug-likeness (QED) is 0.566. The minimum Gasteiger partial charge on any atom is -0.469 e. The molecule has 0 aromatic carbocycles. The van der Waals surface area contributed by atoms with Crippen LogP contribution in [-0.2, 0) is 6.54 Å². The van der Waals surface area contributed by atoms with E-state index < -0.39 is 0 Å². The van der Waals surface area contributed by atoms with E-state index in [0.717, 1.165) is 39.8 Å². The molecule has 0 saturated heterocycles. The fraction of sp³-hybridized carbons (Fsp3) is 0.211.